The molecule has 1 aromatic rings. The molecule has 1 aliphatic heterocycles. The summed E-state index contributed by atoms with van der Waals surface area (Å²) in [6, 6.07) is 3.73. The molecule has 0 spiro atoms. The minimum Gasteiger partial charge on any atom is -0.319 e. The van der Waals surface area contributed by atoms with E-state index in [-0.39, 0.29) is 0 Å². The van der Waals surface area contributed by atoms with E-state index in [0.717, 1.165) is 30.9 Å². The summed E-state index contributed by atoms with van der Waals surface area (Å²) >= 11 is 1.43. The number of fused-ring (bicyclic) bond motifs is 1. The second-order valence-electron chi connectivity index (χ2n) is 5.85. The van der Waals surface area contributed by atoms with Crippen LogP contribution in [0.2, 0.25) is 0 Å². The lowest BCUT2D eigenvalue weighted by Gasteiger charge is -2.15. The van der Waals surface area contributed by atoms with Crippen molar-refractivity contribution in [3.05, 3.63) is 17.0 Å². The highest BCUT2D eigenvalue weighted by molar-refractivity contribution is 7.91. The molecule has 1 saturated heterocycles. The zero-order valence-corrected chi connectivity index (χ0v) is 13.5. The molecule has 0 amide bonds. The first kappa shape index (κ1) is 14.5. The molecule has 0 radical (unpaired) electrons. The van der Waals surface area contributed by atoms with Crippen molar-refractivity contribution in [3.63, 3.8) is 0 Å². The molecule has 2 aliphatic rings. The van der Waals surface area contributed by atoms with Crippen LogP contribution < -0.4 is 5.32 Å². The van der Waals surface area contributed by atoms with Gasteiger partial charge in [0.1, 0.15) is 4.21 Å². The van der Waals surface area contributed by atoms with Crippen LogP contribution in [0.15, 0.2) is 16.3 Å². The molecule has 6 heteroatoms. The molecule has 2 unspecified atom stereocenters. The second-order valence-corrected chi connectivity index (χ2v) is 9.18. The standard InChI is InChI=1S/C14H22N2O2S2/c1-15-8-7-13-5-6-14(19-13)20(17,18)16-9-11-3-2-4-12(11)10-16/h5-6,11-12,15H,2-4,7-10H2,1H3. The van der Waals surface area contributed by atoms with Crippen LogP contribution >= 0.6 is 11.3 Å². The molecule has 2 fully saturated rings. The molecule has 1 aromatic heterocycles. The fraction of sp³-hybridized carbons (Fsp3) is 0.714. The Morgan fingerprint density at radius 1 is 1.30 bits per heavy atom. The molecule has 4 nitrogen and oxygen atoms in total. The SMILES string of the molecule is CNCCc1ccc(S(=O)(=O)N2CC3CCCC3C2)s1. The van der Waals surface area contributed by atoms with Crippen molar-refractivity contribution in [2.24, 2.45) is 11.8 Å². The van der Waals surface area contributed by atoms with E-state index in [9.17, 15) is 8.42 Å². The highest BCUT2D eigenvalue weighted by atomic mass is 32.2. The monoisotopic (exact) mass is 314 g/mol. The number of thiophene rings is 1. The average Bonchev–Trinajstić information content (AvgIpc) is 3.10. The van der Waals surface area contributed by atoms with Crippen molar-refractivity contribution in [2.75, 3.05) is 26.7 Å². The van der Waals surface area contributed by atoms with Crippen LogP contribution in [-0.4, -0.2) is 39.4 Å². The Morgan fingerprint density at radius 3 is 2.65 bits per heavy atom. The second kappa shape index (κ2) is 5.75. The molecular weight excluding hydrogens is 292 g/mol. The predicted molar refractivity (Wildman–Crippen MR) is 81.5 cm³/mol. The molecule has 1 aliphatic carbocycles. The van der Waals surface area contributed by atoms with Crippen molar-refractivity contribution >= 4 is 21.4 Å². The Balaban J connectivity index is 1.73. The fourth-order valence-electron chi connectivity index (χ4n) is 3.39. The Morgan fingerprint density at radius 2 is 2.00 bits per heavy atom. The topological polar surface area (TPSA) is 49.4 Å². The van der Waals surface area contributed by atoms with Gasteiger partial charge >= 0.3 is 0 Å². The van der Waals surface area contributed by atoms with Gasteiger partial charge in [0, 0.05) is 18.0 Å². The Bertz CT molecular complexity index is 555. The van der Waals surface area contributed by atoms with Crippen LogP contribution in [0.5, 0.6) is 0 Å². The van der Waals surface area contributed by atoms with Gasteiger partial charge in [-0.3, -0.25) is 0 Å². The van der Waals surface area contributed by atoms with Crippen molar-refractivity contribution < 1.29 is 8.42 Å². The zero-order valence-electron chi connectivity index (χ0n) is 11.8. The third kappa shape index (κ3) is 2.66. The lowest BCUT2D eigenvalue weighted by molar-refractivity contribution is 0.447. The van der Waals surface area contributed by atoms with Crippen molar-refractivity contribution in [3.8, 4) is 0 Å². The maximum Gasteiger partial charge on any atom is 0.252 e. The Hall–Kier alpha value is -0.430. The van der Waals surface area contributed by atoms with Gasteiger partial charge in [-0.1, -0.05) is 6.42 Å². The predicted octanol–water partition coefficient (Wildman–Crippen LogP) is 1.93. The number of sulfonamides is 1. The van der Waals surface area contributed by atoms with E-state index in [1.807, 2.05) is 13.1 Å². The first-order chi connectivity index (χ1) is 9.61. The minimum atomic E-state index is -3.25. The van der Waals surface area contributed by atoms with Gasteiger partial charge < -0.3 is 5.32 Å². The third-order valence-corrected chi connectivity index (χ3v) is 7.99. The molecule has 3 rings (SSSR count). The number of hydrogen-bond acceptors (Lipinski definition) is 4. The number of rotatable bonds is 5. The first-order valence-corrected chi connectivity index (χ1v) is 9.60. The average molecular weight is 314 g/mol. The molecule has 2 heterocycles. The van der Waals surface area contributed by atoms with Crippen LogP contribution in [0.4, 0.5) is 0 Å². The molecule has 0 bridgehead atoms. The van der Waals surface area contributed by atoms with Gasteiger partial charge in [-0.05, 0) is 56.8 Å². The van der Waals surface area contributed by atoms with E-state index in [1.54, 1.807) is 10.4 Å². The highest BCUT2D eigenvalue weighted by Crippen LogP contribution is 2.40. The van der Waals surface area contributed by atoms with Crippen molar-refractivity contribution in [1.82, 2.24) is 9.62 Å². The normalized spacial score (nSPS) is 27.1. The lowest BCUT2D eigenvalue weighted by atomic mass is 10.0. The molecular formula is C14H22N2O2S2. The van der Waals surface area contributed by atoms with Crippen LogP contribution in [0.1, 0.15) is 24.1 Å². The van der Waals surface area contributed by atoms with Crippen LogP contribution in [0, 0.1) is 11.8 Å². The van der Waals surface area contributed by atoms with Crippen LogP contribution in [0.25, 0.3) is 0 Å². The number of hydrogen-bond donors (Lipinski definition) is 1. The molecule has 112 valence electrons. The maximum absolute atomic E-state index is 12.7. The summed E-state index contributed by atoms with van der Waals surface area (Å²) < 4.78 is 27.6. The number of likely N-dealkylation sites (N-methyl/N-ethyl adjacent to an activating group) is 1. The van der Waals surface area contributed by atoms with E-state index >= 15 is 0 Å². The lowest BCUT2D eigenvalue weighted by Crippen LogP contribution is -2.29. The molecule has 1 saturated carbocycles. The first-order valence-electron chi connectivity index (χ1n) is 7.34. The quantitative estimate of drug-likeness (QED) is 0.903. The summed E-state index contributed by atoms with van der Waals surface area (Å²) in [5, 5.41) is 3.09. The van der Waals surface area contributed by atoms with Gasteiger partial charge in [0.2, 0.25) is 0 Å². The van der Waals surface area contributed by atoms with Gasteiger partial charge in [-0.15, -0.1) is 11.3 Å². The highest BCUT2D eigenvalue weighted by Gasteiger charge is 2.41. The summed E-state index contributed by atoms with van der Waals surface area (Å²) in [7, 11) is -1.34. The van der Waals surface area contributed by atoms with Gasteiger partial charge in [0.25, 0.3) is 10.0 Å². The van der Waals surface area contributed by atoms with Crippen molar-refractivity contribution in [2.45, 2.75) is 29.9 Å². The molecule has 20 heavy (non-hydrogen) atoms. The van der Waals surface area contributed by atoms with Gasteiger partial charge in [0.05, 0.1) is 0 Å². The smallest absolute Gasteiger partial charge is 0.252 e. The van der Waals surface area contributed by atoms with Gasteiger partial charge in [-0.25, -0.2) is 8.42 Å². The molecule has 1 N–H and O–H groups in total. The largest absolute Gasteiger partial charge is 0.319 e. The van der Waals surface area contributed by atoms with Gasteiger partial charge in [0.15, 0.2) is 0 Å². The summed E-state index contributed by atoms with van der Waals surface area (Å²) in [4.78, 5) is 1.14. The Labute approximate surface area is 125 Å². The summed E-state index contributed by atoms with van der Waals surface area (Å²) in [6.07, 6.45) is 4.57. The minimum absolute atomic E-state index is 0.517. The zero-order chi connectivity index (χ0) is 14.2. The van der Waals surface area contributed by atoms with E-state index in [2.05, 4.69) is 5.32 Å². The van der Waals surface area contributed by atoms with Gasteiger partial charge in [-0.2, -0.15) is 4.31 Å². The third-order valence-electron chi connectivity index (χ3n) is 4.55. The fourth-order valence-corrected chi connectivity index (χ4v) is 6.46. The van der Waals surface area contributed by atoms with E-state index in [4.69, 9.17) is 0 Å². The Kier molecular flexibility index (Phi) is 4.17. The molecule has 0 aromatic carbocycles. The van der Waals surface area contributed by atoms with E-state index in [1.165, 1.54) is 30.6 Å². The van der Waals surface area contributed by atoms with E-state index < -0.39 is 10.0 Å². The number of nitrogens with one attached hydrogen (secondary N) is 1. The van der Waals surface area contributed by atoms with Crippen LogP contribution in [-0.2, 0) is 16.4 Å². The summed E-state index contributed by atoms with van der Waals surface area (Å²) in [5.74, 6) is 1.21. The molecule has 2 atom stereocenters. The summed E-state index contributed by atoms with van der Waals surface area (Å²) in [6.45, 7) is 2.35. The maximum atomic E-state index is 12.7. The summed E-state index contributed by atoms with van der Waals surface area (Å²) in [5.41, 5.74) is 0. The van der Waals surface area contributed by atoms with E-state index in [0.29, 0.717) is 16.0 Å². The van der Waals surface area contributed by atoms with Crippen LogP contribution in [0.3, 0.4) is 0 Å². The van der Waals surface area contributed by atoms with Crippen molar-refractivity contribution in [1.29, 1.82) is 0 Å². The number of nitrogens with zero attached hydrogens (tertiary/aromatic N) is 1.